The summed E-state index contributed by atoms with van der Waals surface area (Å²) in [6.45, 7) is 0. The first-order chi connectivity index (χ1) is 7.70. The molecule has 0 saturated heterocycles. The summed E-state index contributed by atoms with van der Waals surface area (Å²) in [4.78, 5) is 0.0497. The van der Waals surface area contributed by atoms with E-state index >= 15 is 0 Å². The first-order valence-corrected chi connectivity index (χ1v) is 5.79. The van der Waals surface area contributed by atoms with Crippen LogP contribution < -0.4 is 0 Å². The van der Waals surface area contributed by atoms with Crippen LogP contribution in [0.2, 0.25) is 0 Å². The monoisotopic (exact) mass is 273 g/mol. The van der Waals surface area contributed by atoms with Crippen LogP contribution in [0.15, 0.2) is 53.4 Å². The van der Waals surface area contributed by atoms with Gasteiger partial charge < -0.3 is 9.66 Å². The number of hydrogen-bond donors (Lipinski definition) is 2. The van der Waals surface area contributed by atoms with Gasteiger partial charge in [-0.25, -0.2) is 4.21 Å². The molecule has 1 radical (unpaired) electrons. The molecular formula is C12H10KO3S. The van der Waals surface area contributed by atoms with Crippen LogP contribution in [-0.2, 0) is 11.1 Å². The smallest absolute Gasteiger partial charge is 0.190 e. The molecule has 0 heterocycles. The van der Waals surface area contributed by atoms with Gasteiger partial charge in [-0.2, -0.15) is 0 Å². The van der Waals surface area contributed by atoms with Crippen LogP contribution in [0.5, 0.6) is 5.75 Å². The minimum Gasteiger partial charge on any atom is -0.507 e. The predicted octanol–water partition coefficient (Wildman–Crippen LogP) is 2.26. The molecule has 0 aliphatic heterocycles. The van der Waals surface area contributed by atoms with Crippen molar-refractivity contribution in [1.29, 1.82) is 0 Å². The summed E-state index contributed by atoms with van der Waals surface area (Å²) in [6.07, 6.45) is 0. The minimum atomic E-state index is -2.20. The molecule has 2 aromatic carbocycles. The Morgan fingerprint density at radius 3 is 2.18 bits per heavy atom. The Bertz CT molecular complexity index is 529. The molecule has 0 bridgehead atoms. The molecule has 0 fully saturated rings. The van der Waals surface area contributed by atoms with Crippen LogP contribution in [0.25, 0.3) is 11.1 Å². The van der Waals surface area contributed by atoms with Gasteiger partial charge in [0.2, 0.25) is 0 Å². The van der Waals surface area contributed by atoms with Gasteiger partial charge in [0.05, 0.1) is 0 Å². The van der Waals surface area contributed by atoms with Gasteiger partial charge >= 0.3 is 0 Å². The summed E-state index contributed by atoms with van der Waals surface area (Å²) in [5.74, 6) is -0.165. The second-order valence-electron chi connectivity index (χ2n) is 3.27. The molecule has 0 spiro atoms. The summed E-state index contributed by atoms with van der Waals surface area (Å²) in [5.41, 5.74) is 1.37. The number of phenolic OH excluding ortho intramolecular Hbond substituents is 1. The van der Waals surface area contributed by atoms with Gasteiger partial charge in [0.25, 0.3) is 0 Å². The largest absolute Gasteiger partial charge is 0.507 e. The van der Waals surface area contributed by atoms with Gasteiger partial charge in [0.15, 0.2) is 11.1 Å². The summed E-state index contributed by atoms with van der Waals surface area (Å²) in [7, 11) is 0. The van der Waals surface area contributed by atoms with Crippen molar-refractivity contribution in [2.75, 3.05) is 0 Å². The fraction of sp³-hybridized carbons (Fsp3) is 0. The van der Waals surface area contributed by atoms with E-state index in [2.05, 4.69) is 0 Å². The summed E-state index contributed by atoms with van der Waals surface area (Å²) < 4.78 is 20.3. The molecule has 0 aliphatic carbocycles. The Morgan fingerprint density at radius 1 is 0.941 bits per heavy atom. The van der Waals surface area contributed by atoms with Crippen molar-refractivity contribution in [3.8, 4) is 16.9 Å². The van der Waals surface area contributed by atoms with Gasteiger partial charge in [0.1, 0.15) is 10.6 Å². The fourth-order valence-electron chi connectivity index (χ4n) is 1.55. The van der Waals surface area contributed by atoms with Crippen LogP contribution >= 0.6 is 0 Å². The van der Waals surface area contributed by atoms with Crippen molar-refractivity contribution < 1.29 is 13.9 Å². The molecular weight excluding hydrogens is 263 g/mol. The summed E-state index contributed by atoms with van der Waals surface area (Å²) in [6, 6.07) is 13.9. The zero-order chi connectivity index (χ0) is 11.5. The minimum absolute atomic E-state index is 0. The van der Waals surface area contributed by atoms with E-state index in [-0.39, 0.29) is 62.0 Å². The van der Waals surface area contributed by atoms with Crippen molar-refractivity contribution in [3.63, 3.8) is 0 Å². The zero-order valence-electron chi connectivity index (χ0n) is 9.33. The van der Waals surface area contributed by atoms with Crippen molar-refractivity contribution in [2.45, 2.75) is 4.90 Å². The molecule has 1 unspecified atom stereocenters. The molecule has 2 aromatic rings. The Balaban J connectivity index is 0.00000144. The van der Waals surface area contributed by atoms with E-state index < -0.39 is 11.1 Å². The second kappa shape index (κ2) is 6.80. The maximum absolute atomic E-state index is 11.2. The van der Waals surface area contributed by atoms with E-state index in [9.17, 15) is 9.32 Å². The number of benzene rings is 2. The maximum Gasteiger partial charge on any atom is 0.190 e. The standard InChI is InChI=1S/C12H10O3S.K/c13-11-8-4-7-10(12(11)16(14)15)9-5-2-1-3-6-9;/h1-8,13H,(H,14,15);. The van der Waals surface area contributed by atoms with Gasteiger partial charge in [-0.05, 0) is 11.6 Å². The van der Waals surface area contributed by atoms with Crippen LogP contribution in [-0.4, -0.2) is 65.3 Å². The van der Waals surface area contributed by atoms with Gasteiger partial charge in [-0.3, -0.25) is 0 Å². The summed E-state index contributed by atoms with van der Waals surface area (Å²) >= 11 is -2.20. The average Bonchev–Trinajstić information content (AvgIpc) is 2.29. The van der Waals surface area contributed by atoms with E-state index in [0.717, 1.165) is 5.56 Å². The number of aromatic hydroxyl groups is 1. The molecule has 0 amide bonds. The molecule has 2 rings (SSSR count). The van der Waals surface area contributed by atoms with Crippen molar-refractivity contribution in [2.24, 2.45) is 0 Å². The Hall–Kier alpha value is -0.0136. The van der Waals surface area contributed by atoms with Gasteiger partial charge in [-0.15, -0.1) is 0 Å². The summed E-state index contributed by atoms with van der Waals surface area (Å²) in [5, 5.41) is 9.57. The topological polar surface area (TPSA) is 57.5 Å². The van der Waals surface area contributed by atoms with Crippen LogP contribution in [0.1, 0.15) is 0 Å². The molecule has 0 saturated carbocycles. The Labute approximate surface area is 145 Å². The third kappa shape index (κ3) is 3.48. The molecule has 2 N–H and O–H groups in total. The second-order valence-corrected chi connectivity index (χ2v) is 4.18. The van der Waals surface area contributed by atoms with Gasteiger partial charge in [0, 0.05) is 56.9 Å². The first kappa shape index (κ1) is 15.0. The van der Waals surface area contributed by atoms with Gasteiger partial charge in [-0.1, -0.05) is 42.5 Å². The average molecular weight is 273 g/mol. The van der Waals surface area contributed by atoms with Crippen molar-refractivity contribution in [3.05, 3.63) is 48.5 Å². The third-order valence-electron chi connectivity index (χ3n) is 2.25. The Kier molecular flexibility index (Phi) is 6.01. The van der Waals surface area contributed by atoms with Crippen molar-refractivity contribution >= 4 is 62.5 Å². The fourth-order valence-corrected chi connectivity index (χ4v) is 2.17. The normalized spacial score (nSPS) is 11.6. The Morgan fingerprint density at radius 2 is 1.59 bits per heavy atom. The van der Waals surface area contributed by atoms with E-state index in [0.29, 0.717) is 5.56 Å². The van der Waals surface area contributed by atoms with E-state index in [1.165, 1.54) is 6.07 Å². The van der Waals surface area contributed by atoms with E-state index in [1.54, 1.807) is 12.1 Å². The van der Waals surface area contributed by atoms with E-state index in [1.807, 2.05) is 30.3 Å². The van der Waals surface area contributed by atoms with E-state index in [4.69, 9.17) is 4.55 Å². The number of hydrogen-bond acceptors (Lipinski definition) is 2. The van der Waals surface area contributed by atoms with Crippen LogP contribution in [0.4, 0.5) is 0 Å². The third-order valence-corrected chi connectivity index (χ3v) is 3.03. The number of phenols is 1. The molecule has 0 aliphatic rings. The predicted molar refractivity (Wildman–Crippen MR) is 68.3 cm³/mol. The van der Waals surface area contributed by atoms with Crippen LogP contribution in [0.3, 0.4) is 0 Å². The SMILES string of the molecule is O=S(O)c1c(O)cccc1-c1ccccc1.[K]. The molecule has 83 valence electrons. The number of rotatable bonds is 2. The van der Waals surface area contributed by atoms with Crippen molar-refractivity contribution in [1.82, 2.24) is 0 Å². The molecule has 0 aromatic heterocycles. The molecule has 17 heavy (non-hydrogen) atoms. The quantitative estimate of drug-likeness (QED) is 0.652. The first-order valence-electron chi connectivity index (χ1n) is 4.68. The maximum atomic E-state index is 11.2. The zero-order valence-corrected chi connectivity index (χ0v) is 13.3. The molecule has 5 heteroatoms. The van der Waals surface area contributed by atoms with Crippen LogP contribution in [0, 0.1) is 0 Å². The molecule has 1 atom stereocenters. The molecule has 3 nitrogen and oxygen atoms in total.